The quantitative estimate of drug-likeness (QED) is 0.898. The van der Waals surface area contributed by atoms with Crippen molar-refractivity contribution in [2.75, 3.05) is 13.1 Å². The molecule has 0 radical (unpaired) electrons. The van der Waals surface area contributed by atoms with Gasteiger partial charge in [0.15, 0.2) is 0 Å². The number of nitrogens with zero attached hydrogens (tertiary/aromatic N) is 1. The molecule has 0 aromatic carbocycles. The number of rotatable bonds is 4. The zero-order chi connectivity index (χ0) is 14.0. The van der Waals surface area contributed by atoms with Gasteiger partial charge in [-0.3, -0.25) is 4.79 Å². The SMILES string of the molecule is Cc1cc(C(=O)NCC2CCCN2)c(C)n1C(C)C.Cl. The van der Waals surface area contributed by atoms with Gasteiger partial charge in [0.05, 0.1) is 5.56 Å². The average Bonchev–Trinajstić information content (AvgIpc) is 2.94. The van der Waals surface area contributed by atoms with Gasteiger partial charge in [0.2, 0.25) is 0 Å². The highest BCUT2D eigenvalue weighted by Crippen LogP contribution is 2.20. The van der Waals surface area contributed by atoms with Gasteiger partial charge in [-0.25, -0.2) is 0 Å². The van der Waals surface area contributed by atoms with Crippen molar-refractivity contribution in [3.05, 3.63) is 23.0 Å². The van der Waals surface area contributed by atoms with Crippen molar-refractivity contribution in [3.8, 4) is 0 Å². The molecular weight excluding hydrogens is 274 g/mol. The molecule has 1 amide bonds. The van der Waals surface area contributed by atoms with Crippen molar-refractivity contribution < 1.29 is 4.79 Å². The Hall–Kier alpha value is -1.000. The van der Waals surface area contributed by atoms with Crippen LogP contribution in [-0.4, -0.2) is 29.6 Å². The summed E-state index contributed by atoms with van der Waals surface area (Å²) < 4.78 is 2.21. The van der Waals surface area contributed by atoms with Crippen molar-refractivity contribution in [3.63, 3.8) is 0 Å². The highest BCUT2D eigenvalue weighted by molar-refractivity contribution is 5.95. The van der Waals surface area contributed by atoms with Crippen LogP contribution in [0.2, 0.25) is 0 Å². The molecule has 1 fully saturated rings. The van der Waals surface area contributed by atoms with E-state index >= 15 is 0 Å². The van der Waals surface area contributed by atoms with E-state index in [1.807, 2.05) is 13.0 Å². The van der Waals surface area contributed by atoms with E-state index in [4.69, 9.17) is 0 Å². The predicted octanol–water partition coefficient (Wildman–Crippen LogP) is 2.59. The number of carbonyl (C=O) groups is 1. The zero-order valence-electron chi connectivity index (χ0n) is 12.8. The summed E-state index contributed by atoms with van der Waals surface area (Å²) in [6.45, 7) is 10.2. The normalized spacial score (nSPS) is 18.1. The van der Waals surface area contributed by atoms with Crippen LogP contribution in [0.5, 0.6) is 0 Å². The third kappa shape index (κ3) is 3.55. The number of carbonyl (C=O) groups excluding carboxylic acids is 1. The summed E-state index contributed by atoms with van der Waals surface area (Å²) in [5.74, 6) is 0.0497. The molecule has 1 atom stereocenters. The summed E-state index contributed by atoms with van der Waals surface area (Å²) in [6.07, 6.45) is 2.37. The summed E-state index contributed by atoms with van der Waals surface area (Å²) >= 11 is 0. The average molecular weight is 300 g/mol. The van der Waals surface area contributed by atoms with Gasteiger partial charge in [-0.05, 0) is 53.1 Å². The van der Waals surface area contributed by atoms with E-state index in [0.29, 0.717) is 12.1 Å². The topological polar surface area (TPSA) is 46.1 Å². The molecule has 5 heteroatoms. The molecule has 1 saturated heterocycles. The first-order valence-corrected chi connectivity index (χ1v) is 7.20. The Bertz CT molecular complexity index is 462. The van der Waals surface area contributed by atoms with E-state index in [0.717, 1.165) is 36.5 Å². The van der Waals surface area contributed by atoms with Crippen LogP contribution in [0.4, 0.5) is 0 Å². The summed E-state index contributed by atoms with van der Waals surface area (Å²) in [6, 6.07) is 2.82. The van der Waals surface area contributed by atoms with Crippen LogP contribution in [-0.2, 0) is 0 Å². The molecule has 0 spiro atoms. The van der Waals surface area contributed by atoms with Crippen LogP contribution in [0.25, 0.3) is 0 Å². The fourth-order valence-corrected chi connectivity index (χ4v) is 3.04. The van der Waals surface area contributed by atoms with E-state index in [1.54, 1.807) is 0 Å². The molecule has 1 aliphatic heterocycles. The van der Waals surface area contributed by atoms with Crippen molar-refractivity contribution in [2.45, 2.75) is 52.6 Å². The molecule has 2 rings (SSSR count). The van der Waals surface area contributed by atoms with Gasteiger partial charge < -0.3 is 15.2 Å². The maximum Gasteiger partial charge on any atom is 0.253 e. The molecule has 2 heterocycles. The molecule has 4 nitrogen and oxygen atoms in total. The third-order valence-electron chi connectivity index (χ3n) is 3.92. The molecule has 20 heavy (non-hydrogen) atoms. The molecular formula is C15H26ClN3O. The first-order valence-electron chi connectivity index (χ1n) is 7.20. The van der Waals surface area contributed by atoms with Crippen molar-refractivity contribution >= 4 is 18.3 Å². The first-order chi connectivity index (χ1) is 9.00. The highest BCUT2D eigenvalue weighted by Gasteiger charge is 2.19. The minimum atomic E-state index is 0. The van der Waals surface area contributed by atoms with Crippen LogP contribution in [0.3, 0.4) is 0 Å². The fourth-order valence-electron chi connectivity index (χ4n) is 3.04. The van der Waals surface area contributed by atoms with Gasteiger partial charge >= 0.3 is 0 Å². The lowest BCUT2D eigenvalue weighted by Gasteiger charge is -2.14. The summed E-state index contributed by atoms with van der Waals surface area (Å²) in [4.78, 5) is 12.3. The lowest BCUT2D eigenvalue weighted by atomic mass is 10.2. The third-order valence-corrected chi connectivity index (χ3v) is 3.92. The number of aromatic nitrogens is 1. The number of nitrogens with one attached hydrogen (secondary N) is 2. The smallest absolute Gasteiger partial charge is 0.253 e. The molecule has 1 aliphatic rings. The molecule has 0 aliphatic carbocycles. The van der Waals surface area contributed by atoms with Crippen LogP contribution < -0.4 is 10.6 Å². The number of aryl methyl sites for hydroxylation is 1. The van der Waals surface area contributed by atoms with E-state index in [1.165, 1.54) is 6.42 Å². The molecule has 114 valence electrons. The molecule has 0 bridgehead atoms. The highest BCUT2D eigenvalue weighted by atomic mass is 35.5. The first kappa shape index (κ1) is 17.1. The number of halogens is 1. The second-order valence-corrected chi connectivity index (χ2v) is 5.75. The molecule has 1 unspecified atom stereocenters. The standard InChI is InChI=1S/C15H25N3O.ClH/c1-10(2)18-11(3)8-14(12(18)4)15(19)17-9-13-6-5-7-16-13;/h8,10,13,16H,5-7,9H2,1-4H3,(H,17,19);1H. The molecule has 2 N–H and O–H groups in total. The van der Waals surface area contributed by atoms with Gasteiger partial charge in [-0.2, -0.15) is 0 Å². The van der Waals surface area contributed by atoms with E-state index < -0.39 is 0 Å². The van der Waals surface area contributed by atoms with Gasteiger partial charge in [0, 0.05) is 30.0 Å². The largest absolute Gasteiger partial charge is 0.350 e. The lowest BCUT2D eigenvalue weighted by Crippen LogP contribution is -2.37. The Labute approximate surface area is 127 Å². The second kappa shape index (κ2) is 7.14. The zero-order valence-corrected chi connectivity index (χ0v) is 13.6. The lowest BCUT2D eigenvalue weighted by molar-refractivity contribution is 0.0949. The molecule has 0 saturated carbocycles. The Balaban J connectivity index is 0.00000200. The predicted molar refractivity (Wildman–Crippen MR) is 84.9 cm³/mol. The Kier molecular flexibility index (Phi) is 6.08. The summed E-state index contributed by atoms with van der Waals surface area (Å²) in [5.41, 5.74) is 3.02. The summed E-state index contributed by atoms with van der Waals surface area (Å²) in [7, 11) is 0. The van der Waals surface area contributed by atoms with E-state index in [-0.39, 0.29) is 18.3 Å². The second-order valence-electron chi connectivity index (χ2n) is 5.75. The van der Waals surface area contributed by atoms with Crippen molar-refractivity contribution in [2.24, 2.45) is 0 Å². The number of hydrogen-bond donors (Lipinski definition) is 2. The minimum absolute atomic E-state index is 0. The monoisotopic (exact) mass is 299 g/mol. The van der Waals surface area contributed by atoms with Crippen LogP contribution in [0.15, 0.2) is 6.07 Å². The molecule has 1 aromatic rings. The van der Waals surface area contributed by atoms with Gasteiger partial charge in [-0.15, -0.1) is 12.4 Å². The van der Waals surface area contributed by atoms with Gasteiger partial charge in [-0.1, -0.05) is 0 Å². The Morgan fingerprint density at radius 2 is 2.20 bits per heavy atom. The van der Waals surface area contributed by atoms with Crippen molar-refractivity contribution in [1.29, 1.82) is 0 Å². The van der Waals surface area contributed by atoms with Crippen LogP contribution in [0, 0.1) is 13.8 Å². The molecule has 1 aromatic heterocycles. The van der Waals surface area contributed by atoms with Gasteiger partial charge in [0.25, 0.3) is 5.91 Å². The van der Waals surface area contributed by atoms with E-state index in [9.17, 15) is 4.79 Å². The Morgan fingerprint density at radius 3 is 2.70 bits per heavy atom. The summed E-state index contributed by atoms with van der Waals surface area (Å²) in [5, 5.41) is 6.44. The number of amides is 1. The Morgan fingerprint density at radius 1 is 1.50 bits per heavy atom. The maximum absolute atomic E-state index is 12.3. The van der Waals surface area contributed by atoms with Crippen LogP contribution in [0.1, 0.15) is 54.5 Å². The van der Waals surface area contributed by atoms with Crippen molar-refractivity contribution in [1.82, 2.24) is 15.2 Å². The minimum Gasteiger partial charge on any atom is -0.350 e. The fraction of sp³-hybridized carbons (Fsp3) is 0.667. The number of hydrogen-bond acceptors (Lipinski definition) is 2. The van der Waals surface area contributed by atoms with Crippen LogP contribution >= 0.6 is 12.4 Å². The van der Waals surface area contributed by atoms with E-state index in [2.05, 4.69) is 36.0 Å². The van der Waals surface area contributed by atoms with Gasteiger partial charge in [0.1, 0.15) is 0 Å². The maximum atomic E-state index is 12.3.